The number of carboxylic acids is 1. The zero-order valence-electron chi connectivity index (χ0n) is 10.0. The number of rotatable bonds is 3. The number of nitrogens with one attached hydrogen (secondary N) is 1. The predicted molar refractivity (Wildman–Crippen MR) is 62.6 cm³/mol. The lowest BCUT2D eigenvalue weighted by Gasteiger charge is -2.40. The molecule has 2 N–H and O–H groups in total. The minimum absolute atomic E-state index is 0.0906. The first-order valence-electron chi connectivity index (χ1n) is 6.41. The Morgan fingerprint density at radius 2 is 2.06 bits per heavy atom. The Balaban J connectivity index is 1.93. The summed E-state index contributed by atoms with van der Waals surface area (Å²) < 4.78 is 0. The average molecular weight is 240 g/mol. The highest BCUT2D eigenvalue weighted by Gasteiger charge is 2.31. The van der Waals surface area contributed by atoms with Crippen LogP contribution >= 0.6 is 0 Å². The lowest BCUT2D eigenvalue weighted by Crippen LogP contribution is -2.58. The largest absolute Gasteiger partial charge is 0.481 e. The normalized spacial score (nSPS) is 27.2. The fraction of sp³-hybridized carbons (Fsp3) is 0.833. The van der Waals surface area contributed by atoms with E-state index in [2.05, 4.69) is 5.32 Å². The van der Waals surface area contributed by atoms with E-state index >= 15 is 0 Å². The number of piperazine rings is 1. The summed E-state index contributed by atoms with van der Waals surface area (Å²) in [7, 11) is 0. The molecule has 2 aliphatic rings. The Morgan fingerprint density at radius 1 is 1.35 bits per heavy atom. The van der Waals surface area contributed by atoms with Gasteiger partial charge in [-0.2, -0.15) is 0 Å². The molecule has 0 radical (unpaired) electrons. The van der Waals surface area contributed by atoms with Crippen molar-refractivity contribution >= 4 is 11.9 Å². The van der Waals surface area contributed by atoms with Crippen LogP contribution in [0, 0.1) is 0 Å². The molecule has 96 valence electrons. The summed E-state index contributed by atoms with van der Waals surface area (Å²) >= 11 is 0. The van der Waals surface area contributed by atoms with E-state index in [4.69, 9.17) is 5.11 Å². The molecule has 1 heterocycles. The highest BCUT2D eigenvalue weighted by molar-refractivity contribution is 5.80. The van der Waals surface area contributed by atoms with E-state index in [9.17, 15) is 9.59 Å². The van der Waals surface area contributed by atoms with Gasteiger partial charge in [0.1, 0.15) is 0 Å². The van der Waals surface area contributed by atoms with E-state index in [-0.39, 0.29) is 24.9 Å². The Morgan fingerprint density at radius 3 is 2.71 bits per heavy atom. The second kappa shape index (κ2) is 5.49. The van der Waals surface area contributed by atoms with Gasteiger partial charge >= 0.3 is 5.97 Å². The summed E-state index contributed by atoms with van der Waals surface area (Å²) in [5, 5.41) is 11.8. The van der Waals surface area contributed by atoms with Gasteiger partial charge in [0, 0.05) is 18.6 Å². The van der Waals surface area contributed by atoms with Gasteiger partial charge in [-0.1, -0.05) is 19.3 Å². The number of carbonyl (C=O) groups excluding carboxylic acids is 1. The average Bonchev–Trinajstić information content (AvgIpc) is 2.32. The van der Waals surface area contributed by atoms with Gasteiger partial charge in [0.2, 0.25) is 5.91 Å². The van der Waals surface area contributed by atoms with Gasteiger partial charge in [0.25, 0.3) is 0 Å². The molecule has 1 unspecified atom stereocenters. The van der Waals surface area contributed by atoms with Crippen molar-refractivity contribution in [3.05, 3.63) is 0 Å². The van der Waals surface area contributed by atoms with Crippen LogP contribution in [0.2, 0.25) is 0 Å². The minimum atomic E-state index is -0.805. The van der Waals surface area contributed by atoms with E-state index in [1.54, 1.807) is 0 Å². The van der Waals surface area contributed by atoms with Gasteiger partial charge in [-0.05, 0) is 12.8 Å². The molecule has 0 bridgehead atoms. The lowest BCUT2D eigenvalue weighted by atomic mass is 9.93. The maximum atomic E-state index is 11.8. The van der Waals surface area contributed by atoms with Crippen LogP contribution in [0.1, 0.15) is 38.5 Å². The Bertz CT molecular complexity index is 300. The molecular formula is C12H20N2O3. The van der Waals surface area contributed by atoms with Gasteiger partial charge in [-0.3, -0.25) is 9.59 Å². The van der Waals surface area contributed by atoms with E-state index in [0.717, 1.165) is 12.8 Å². The molecule has 2 rings (SSSR count). The third-order valence-corrected chi connectivity index (χ3v) is 3.72. The summed E-state index contributed by atoms with van der Waals surface area (Å²) in [5.74, 6) is -0.681. The van der Waals surface area contributed by atoms with Crippen LogP contribution in [0.15, 0.2) is 0 Å². The SMILES string of the molecule is O=C(O)CC1CN(C2CCCCC2)C(=O)CN1. The van der Waals surface area contributed by atoms with Crippen LogP contribution in [0.5, 0.6) is 0 Å². The van der Waals surface area contributed by atoms with Crippen LogP contribution < -0.4 is 5.32 Å². The van der Waals surface area contributed by atoms with Crippen LogP contribution in [-0.2, 0) is 9.59 Å². The first kappa shape index (κ1) is 12.4. The number of amides is 1. The van der Waals surface area contributed by atoms with Crippen molar-refractivity contribution in [2.45, 2.75) is 50.6 Å². The lowest BCUT2D eigenvalue weighted by molar-refractivity contribution is -0.141. The summed E-state index contributed by atoms with van der Waals surface area (Å²) in [6, 6.07) is 0.252. The first-order chi connectivity index (χ1) is 8.16. The smallest absolute Gasteiger partial charge is 0.304 e. The molecule has 1 aliphatic heterocycles. The molecule has 1 aliphatic carbocycles. The number of hydrogen-bond donors (Lipinski definition) is 2. The highest BCUT2D eigenvalue weighted by atomic mass is 16.4. The summed E-state index contributed by atoms with van der Waals surface area (Å²) in [5.41, 5.74) is 0. The van der Waals surface area contributed by atoms with E-state index < -0.39 is 5.97 Å². The second-order valence-corrected chi connectivity index (χ2v) is 5.01. The molecule has 0 aromatic rings. The topological polar surface area (TPSA) is 69.6 Å². The van der Waals surface area contributed by atoms with Crippen LogP contribution in [-0.4, -0.2) is 47.1 Å². The molecule has 1 amide bonds. The molecule has 0 aromatic heterocycles. The zero-order valence-corrected chi connectivity index (χ0v) is 10.0. The van der Waals surface area contributed by atoms with E-state index in [1.165, 1.54) is 19.3 Å². The third kappa shape index (κ3) is 3.19. The van der Waals surface area contributed by atoms with Crippen molar-refractivity contribution in [2.24, 2.45) is 0 Å². The quantitative estimate of drug-likeness (QED) is 0.757. The summed E-state index contributed by atoms with van der Waals surface area (Å²) in [6.45, 7) is 0.838. The zero-order chi connectivity index (χ0) is 12.3. The fourth-order valence-corrected chi connectivity index (χ4v) is 2.83. The van der Waals surface area contributed by atoms with Gasteiger partial charge in [0.15, 0.2) is 0 Å². The van der Waals surface area contributed by atoms with Gasteiger partial charge in [-0.25, -0.2) is 0 Å². The van der Waals surface area contributed by atoms with E-state index in [1.807, 2.05) is 4.90 Å². The summed E-state index contributed by atoms with van der Waals surface area (Å²) in [4.78, 5) is 24.4. The standard InChI is InChI=1S/C12H20N2O3/c15-11-7-13-9(6-12(16)17)8-14(11)10-4-2-1-3-5-10/h9-10,13H,1-8H2,(H,16,17). The molecule has 5 heteroatoms. The van der Waals surface area contributed by atoms with Crippen LogP contribution in [0.4, 0.5) is 0 Å². The van der Waals surface area contributed by atoms with Gasteiger partial charge in [-0.15, -0.1) is 0 Å². The van der Waals surface area contributed by atoms with Crippen molar-refractivity contribution in [3.8, 4) is 0 Å². The molecule has 2 fully saturated rings. The maximum absolute atomic E-state index is 11.8. The number of hydrogen-bond acceptors (Lipinski definition) is 3. The van der Waals surface area contributed by atoms with Crippen molar-refractivity contribution in [3.63, 3.8) is 0 Å². The van der Waals surface area contributed by atoms with Crippen molar-refractivity contribution in [1.29, 1.82) is 0 Å². The first-order valence-corrected chi connectivity index (χ1v) is 6.41. The maximum Gasteiger partial charge on any atom is 0.304 e. The van der Waals surface area contributed by atoms with Gasteiger partial charge in [0.05, 0.1) is 13.0 Å². The monoisotopic (exact) mass is 240 g/mol. The predicted octanol–water partition coefficient (Wildman–Crippen LogP) is 0.594. The van der Waals surface area contributed by atoms with Gasteiger partial charge < -0.3 is 15.3 Å². The van der Waals surface area contributed by atoms with Crippen LogP contribution in [0.25, 0.3) is 0 Å². The molecule has 1 atom stereocenters. The Labute approximate surface area is 101 Å². The summed E-state index contributed by atoms with van der Waals surface area (Å²) in [6.07, 6.45) is 5.87. The number of carboxylic acid groups (broad SMARTS) is 1. The number of carbonyl (C=O) groups is 2. The molecule has 1 saturated heterocycles. The highest BCUT2D eigenvalue weighted by Crippen LogP contribution is 2.24. The number of nitrogens with zero attached hydrogens (tertiary/aromatic N) is 1. The van der Waals surface area contributed by atoms with Crippen molar-refractivity contribution in [1.82, 2.24) is 10.2 Å². The molecular weight excluding hydrogens is 220 g/mol. The second-order valence-electron chi connectivity index (χ2n) is 5.01. The molecule has 17 heavy (non-hydrogen) atoms. The molecule has 5 nitrogen and oxygen atoms in total. The number of aliphatic carboxylic acids is 1. The minimum Gasteiger partial charge on any atom is -0.481 e. The Hall–Kier alpha value is -1.10. The third-order valence-electron chi connectivity index (χ3n) is 3.72. The van der Waals surface area contributed by atoms with Crippen LogP contribution in [0.3, 0.4) is 0 Å². The Kier molecular flexibility index (Phi) is 3.99. The molecule has 0 aromatic carbocycles. The van der Waals surface area contributed by atoms with Crippen molar-refractivity contribution < 1.29 is 14.7 Å². The molecule has 1 saturated carbocycles. The van der Waals surface area contributed by atoms with Crippen molar-refractivity contribution in [2.75, 3.05) is 13.1 Å². The van der Waals surface area contributed by atoms with E-state index in [0.29, 0.717) is 12.6 Å². The molecule has 0 spiro atoms. The fourth-order valence-electron chi connectivity index (χ4n) is 2.83.